The molecule has 1 saturated heterocycles. The largest absolute Gasteiger partial charge is 0.378 e. The number of rotatable bonds is 6. The van der Waals surface area contributed by atoms with E-state index in [-0.39, 0.29) is 28.7 Å². The molecule has 1 aliphatic heterocycles. The van der Waals surface area contributed by atoms with Crippen LogP contribution in [0.1, 0.15) is 52.4 Å². The van der Waals surface area contributed by atoms with Gasteiger partial charge in [-0.2, -0.15) is 11.8 Å². The molecule has 142 valence electrons. The Balaban J connectivity index is 0.00000288. The summed E-state index contributed by atoms with van der Waals surface area (Å²) < 4.78 is 6.40. The molecule has 0 unspecified atom stereocenters. The Labute approximate surface area is 170 Å². The van der Waals surface area contributed by atoms with Gasteiger partial charge < -0.3 is 15.0 Å². The quantitative estimate of drug-likeness (QED) is 0.363. The number of nitrogens with one attached hydrogen (secondary N) is 1. The summed E-state index contributed by atoms with van der Waals surface area (Å²) in [5.41, 5.74) is 0. The molecule has 1 N–H and O–H groups in total. The van der Waals surface area contributed by atoms with Crippen molar-refractivity contribution in [2.75, 3.05) is 39.5 Å². The molecule has 6 heteroatoms. The Morgan fingerprint density at radius 2 is 1.83 bits per heavy atom. The second-order valence-corrected chi connectivity index (χ2v) is 9.05. The number of nitrogens with zero attached hydrogens (tertiary/aromatic N) is 2. The number of guanidine groups is 1. The average Bonchev–Trinajstić information content (AvgIpc) is 3.08. The van der Waals surface area contributed by atoms with E-state index in [4.69, 9.17) is 4.74 Å². The molecule has 0 amide bonds. The van der Waals surface area contributed by atoms with E-state index in [9.17, 15) is 0 Å². The predicted molar refractivity (Wildman–Crippen MR) is 117 cm³/mol. The van der Waals surface area contributed by atoms with Gasteiger partial charge in [0, 0.05) is 38.0 Å². The predicted octanol–water partition coefficient (Wildman–Crippen LogP) is 3.99. The molecule has 0 bridgehead atoms. The zero-order valence-electron chi connectivity index (χ0n) is 15.8. The summed E-state index contributed by atoms with van der Waals surface area (Å²) in [4.78, 5) is 6.85. The van der Waals surface area contributed by atoms with Crippen molar-refractivity contribution >= 4 is 41.7 Å². The van der Waals surface area contributed by atoms with Gasteiger partial charge in [-0.05, 0) is 51.7 Å². The number of ether oxygens (including phenoxy) is 1. The van der Waals surface area contributed by atoms with Crippen LogP contribution in [0.3, 0.4) is 0 Å². The van der Waals surface area contributed by atoms with Crippen molar-refractivity contribution in [2.24, 2.45) is 10.9 Å². The van der Waals surface area contributed by atoms with Gasteiger partial charge in [0.1, 0.15) is 0 Å². The summed E-state index contributed by atoms with van der Waals surface area (Å²) in [6.07, 6.45) is 10.4. The Morgan fingerprint density at radius 1 is 1.21 bits per heavy atom. The number of likely N-dealkylation sites (tertiary alicyclic amines) is 1. The van der Waals surface area contributed by atoms with E-state index in [1.807, 2.05) is 18.8 Å². The number of thioether (sulfide) groups is 1. The van der Waals surface area contributed by atoms with Crippen molar-refractivity contribution in [2.45, 2.75) is 63.2 Å². The lowest BCUT2D eigenvalue weighted by Crippen LogP contribution is -2.49. The Morgan fingerprint density at radius 3 is 2.38 bits per heavy atom. The number of hydrogen-bond donors (Lipinski definition) is 1. The molecule has 2 rings (SSSR count). The molecule has 0 aromatic heterocycles. The molecule has 2 fully saturated rings. The molecule has 0 spiro atoms. The summed E-state index contributed by atoms with van der Waals surface area (Å²) in [7, 11) is 1.89. The van der Waals surface area contributed by atoms with E-state index in [0.29, 0.717) is 6.10 Å². The SMILES string of the molecule is CN=C(NCC(C)(C)SC)N1CCC(OCC2CCCC2)CC1.I. The zero-order chi connectivity index (χ0) is 16.7. The van der Waals surface area contributed by atoms with Crippen molar-refractivity contribution < 1.29 is 4.74 Å². The first-order chi connectivity index (χ1) is 11.0. The lowest BCUT2D eigenvalue weighted by Gasteiger charge is -2.35. The molecule has 4 nitrogen and oxygen atoms in total. The fourth-order valence-electron chi connectivity index (χ4n) is 3.38. The van der Waals surface area contributed by atoms with Gasteiger partial charge in [0.15, 0.2) is 5.96 Å². The minimum absolute atomic E-state index is 0. The van der Waals surface area contributed by atoms with E-state index in [1.54, 1.807) is 0 Å². The van der Waals surface area contributed by atoms with Crippen LogP contribution in [0.25, 0.3) is 0 Å². The second-order valence-electron chi connectivity index (χ2n) is 7.53. The van der Waals surface area contributed by atoms with Crippen LogP contribution in [0.15, 0.2) is 4.99 Å². The van der Waals surface area contributed by atoms with Gasteiger partial charge in [-0.3, -0.25) is 4.99 Å². The number of aliphatic imine (C=N–C) groups is 1. The first kappa shape index (κ1) is 22.4. The van der Waals surface area contributed by atoms with Gasteiger partial charge in [0.05, 0.1) is 6.10 Å². The number of halogens is 1. The van der Waals surface area contributed by atoms with Crippen LogP contribution in [0, 0.1) is 5.92 Å². The Hall–Kier alpha value is 0.310. The lowest BCUT2D eigenvalue weighted by atomic mass is 10.1. The van der Waals surface area contributed by atoms with Gasteiger partial charge >= 0.3 is 0 Å². The van der Waals surface area contributed by atoms with Gasteiger partial charge in [-0.15, -0.1) is 24.0 Å². The molecule has 0 atom stereocenters. The minimum Gasteiger partial charge on any atom is -0.378 e. The molecule has 2 aliphatic rings. The maximum atomic E-state index is 6.17. The standard InChI is InChI=1S/C18H35N3OS.HI/c1-18(2,23-4)14-20-17(19-3)21-11-9-16(10-12-21)22-13-15-7-5-6-8-15;/h15-16H,5-14H2,1-4H3,(H,19,20);1H. The zero-order valence-corrected chi connectivity index (χ0v) is 19.0. The maximum absolute atomic E-state index is 6.17. The maximum Gasteiger partial charge on any atom is 0.193 e. The summed E-state index contributed by atoms with van der Waals surface area (Å²) in [6, 6.07) is 0. The van der Waals surface area contributed by atoms with E-state index in [1.165, 1.54) is 25.7 Å². The molecular weight excluding hydrogens is 433 g/mol. The molecule has 0 radical (unpaired) electrons. The van der Waals surface area contributed by atoms with Gasteiger partial charge in [-0.25, -0.2) is 0 Å². The van der Waals surface area contributed by atoms with Crippen molar-refractivity contribution in [1.82, 2.24) is 10.2 Å². The van der Waals surface area contributed by atoms with Crippen molar-refractivity contribution in [3.8, 4) is 0 Å². The number of hydrogen-bond acceptors (Lipinski definition) is 3. The average molecular weight is 469 g/mol. The van der Waals surface area contributed by atoms with Crippen LogP contribution in [-0.2, 0) is 4.74 Å². The van der Waals surface area contributed by atoms with E-state index >= 15 is 0 Å². The third-order valence-electron chi connectivity index (χ3n) is 5.22. The third-order valence-corrected chi connectivity index (χ3v) is 6.47. The van der Waals surface area contributed by atoms with Crippen LogP contribution in [0.2, 0.25) is 0 Å². The van der Waals surface area contributed by atoms with Gasteiger partial charge in [0.25, 0.3) is 0 Å². The molecule has 0 aromatic rings. The van der Waals surface area contributed by atoms with E-state index in [0.717, 1.165) is 51.0 Å². The first-order valence-electron chi connectivity index (χ1n) is 9.16. The van der Waals surface area contributed by atoms with Crippen LogP contribution in [0.5, 0.6) is 0 Å². The third kappa shape index (κ3) is 7.28. The fraction of sp³-hybridized carbons (Fsp3) is 0.944. The van der Waals surface area contributed by atoms with E-state index in [2.05, 4.69) is 35.3 Å². The van der Waals surface area contributed by atoms with Crippen LogP contribution in [0.4, 0.5) is 0 Å². The summed E-state index contributed by atoms with van der Waals surface area (Å²) in [6.45, 7) is 8.56. The Bertz CT molecular complexity index is 378. The van der Waals surface area contributed by atoms with Crippen molar-refractivity contribution in [3.63, 3.8) is 0 Å². The Kier molecular flexibility index (Phi) is 10.4. The minimum atomic E-state index is 0. The topological polar surface area (TPSA) is 36.9 Å². The summed E-state index contributed by atoms with van der Waals surface area (Å²) in [5, 5.41) is 3.54. The van der Waals surface area contributed by atoms with Gasteiger partial charge in [0.2, 0.25) is 0 Å². The van der Waals surface area contributed by atoms with Crippen LogP contribution < -0.4 is 5.32 Å². The van der Waals surface area contributed by atoms with Gasteiger partial charge in [-0.1, -0.05) is 12.8 Å². The van der Waals surface area contributed by atoms with Crippen LogP contribution in [-0.4, -0.2) is 61.3 Å². The summed E-state index contributed by atoms with van der Waals surface area (Å²) in [5.74, 6) is 1.87. The summed E-state index contributed by atoms with van der Waals surface area (Å²) >= 11 is 1.89. The van der Waals surface area contributed by atoms with Crippen molar-refractivity contribution in [3.05, 3.63) is 0 Å². The highest BCUT2D eigenvalue weighted by atomic mass is 127. The molecule has 1 heterocycles. The number of piperidine rings is 1. The van der Waals surface area contributed by atoms with Crippen LogP contribution >= 0.6 is 35.7 Å². The second kappa shape index (κ2) is 11.1. The highest BCUT2D eigenvalue weighted by Crippen LogP contribution is 2.26. The molecule has 24 heavy (non-hydrogen) atoms. The molecule has 0 aromatic carbocycles. The van der Waals surface area contributed by atoms with E-state index < -0.39 is 0 Å². The lowest BCUT2D eigenvalue weighted by molar-refractivity contribution is 0.00101. The fourth-order valence-corrected chi connectivity index (χ4v) is 3.60. The monoisotopic (exact) mass is 469 g/mol. The normalized spacial score (nSPS) is 21.0. The molecular formula is C18H36IN3OS. The molecule has 1 saturated carbocycles. The highest BCUT2D eigenvalue weighted by Gasteiger charge is 2.25. The first-order valence-corrected chi connectivity index (χ1v) is 10.4. The van der Waals surface area contributed by atoms with Crippen molar-refractivity contribution in [1.29, 1.82) is 0 Å². The highest BCUT2D eigenvalue weighted by molar-refractivity contribution is 14.0. The molecule has 1 aliphatic carbocycles. The smallest absolute Gasteiger partial charge is 0.193 e.